The van der Waals surface area contributed by atoms with E-state index in [1.165, 1.54) is 31.7 Å². The van der Waals surface area contributed by atoms with Gasteiger partial charge in [-0.05, 0) is 68.2 Å². The number of halogens is 2. The first-order chi connectivity index (χ1) is 15.9. The van der Waals surface area contributed by atoms with Crippen molar-refractivity contribution in [1.29, 1.82) is 0 Å². The Morgan fingerprint density at radius 1 is 1.21 bits per heavy atom. The maximum atomic E-state index is 14.6. The maximum absolute atomic E-state index is 14.6. The Labute approximate surface area is 194 Å². The molecule has 3 aromatic rings. The zero-order valence-corrected chi connectivity index (χ0v) is 19.1. The van der Waals surface area contributed by atoms with Crippen molar-refractivity contribution >= 4 is 28.6 Å². The topological polar surface area (TPSA) is 64.0 Å². The second-order valence-corrected chi connectivity index (χ2v) is 10.1. The van der Waals surface area contributed by atoms with Crippen LogP contribution >= 0.6 is 11.8 Å². The summed E-state index contributed by atoms with van der Waals surface area (Å²) >= 11 is 1.07. The van der Waals surface area contributed by atoms with Gasteiger partial charge < -0.3 is 5.32 Å². The fourth-order valence-electron chi connectivity index (χ4n) is 5.52. The summed E-state index contributed by atoms with van der Waals surface area (Å²) in [6.45, 7) is 2.06. The van der Waals surface area contributed by atoms with Crippen molar-refractivity contribution in [3.8, 4) is 5.69 Å². The molecule has 2 aromatic carbocycles. The van der Waals surface area contributed by atoms with E-state index in [-0.39, 0.29) is 28.5 Å². The summed E-state index contributed by atoms with van der Waals surface area (Å²) in [5.74, 6) is 0.305. The number of hydrogen-bond donors (Lipinski definition) is 1. The van der Waals surface area contributed by atoms with Crippen molar-refractivity contribution in [2.24, 2.45) is 17.8 Å². The van der Waals surface area contributed by atoms with Gasteiger partial charge in [0.25, 0.3) is 5.56 Å². The minimum absolute atomic E-state index is 0.0404. The van der Waals surface area contributed by atoms with Crippen molar-refractivity contribution < 1.29 is 13.6 Å². The molecular formula is C25H25F2N3O2S. The molecule has 0 saturated heterocycles. The molecule has 172 valence electrons. The molecule has 2 aliphatic rings. The quantitative estimate of drug-likeness (QED) is 0.420. The number of rotatable bonds is 6. The van der Waals surface area contributed by atoms with Crippen LogP contribution in [0.4, 0.5) is 8.78 Å². The molecule has 8 heteroatoms. The molecule has 0 radical (unpaired) electrons. The van der Waals surface area contributed by atoms with Crippen molar-refractivity contribution in [2.45, 2.75) is 43.8 Å². The van der Waals surface area contributed by atoms with Crippen LogP contribution in [0.1, 0.15) is 32.6 Å². The normalized spacial score (nSPS) is 22.6. The first-order valence-electron chi connectivity index (χ1n) is 11.3. The van der Waals surface area contributed by atoms with E-state index in [9.17, 15) is 18.4 Å². The summed E-state index contributed by atoms with van der Waals surface area (Å²) in [7, 11) is 0. The van der Waals surface area contributed by atoms with Gasteiger partial charge in [-0.15, -0.1) is 0 Å². The molecule has 4 atom stereocenters. The number of aromatic nitrogens is 2. The van der Waals surface area contributed by atoms with Crippen molar-refractivity contribution in [2.75, 3.05) is 5.75 Å². The molecule has 1 aromatic heterocycles. The van der Waals surface area contributed by atoms with Crippen LogP contribution in [0, 0.1) is 29.4 Å². The van der Waals surface area contributed by atoms with Crippen LogP contribution in [-0.2, 0) is 4.79 Å². The molecular weight excluding hydrogens is 444 g/mol. The smallest absolute Gasteiger partial charge is 0.266 e. The first-order valence-corrected chi connectivity index (χ1v) is 12.3. The van der Waals surface area contributed by atoms with Gasteiger partial charge in [0.05, 0.1) is 22.3 Å². The van der Waals surface area contributed by atoms with Crippen molar-refractivity contribution in [3.63, 3.8) is 0 Å². The SMILES string of the molecule is C[C@H](NC(=O)CSc1nc2ccccc2c(=O)n1-c1ccc(F)cc1F)[C@H]1C[C@H]2CC[C@H]1C2. The van der Waals surface area contributed by atoms with Gasteiger partial charge in [-0.25, -0.2) is 13.8 Å². The van der Waals surface area contributed by atoms with Gasteiger partial charge in [0.1, 0.15) is 11.6 Å². The molecule has 2 fully saturated rings. The van der Waals surface area contributed by atoms with E-state index < -0.39 is 17.2 Å². The molecule has 0 aliphatic heterocycles. The molecule has 0 spiro atoms. The largest absolute Gasteiger partial charge is 0.353 e. The molecule has 1 heterocycles. The van der Waals surface area contributed by atoms with Crippen LogP contribution in [0.2, 0.25) is 0 Å². The van der Waals surface area contributed by atoms with Crippen LogP contribution in [0.25, 0.3) is 16.6 Å². The summed E-state index contributed by atoms with van der Waals surface area (Å²) < 4.78 is 29.2. The van der Waals surface area contributed by atoms with Gasteiger partial charge in [-0.2, -0.15) is 0 Å². The van der Waals surface area contributed by atoms with Gasteiger partial charge in [0.2, 0.25) is 5.91 Å². The molecule has 33 heavy (non-hydrogen) atoms. The molecule has 1 N–H and O–H groups in total. The van der Waals surface area contributed by atoms with Gasteiger partial charge in [-0.3, -0.25) is 14.2 Å². The summed E-state index contributed by atoms with van der Waals surface area (Å²) in [4.78, 5) is 30.5. The van der Waals surface area contributed by atoms with Crippen LogP contribution in [0.5, 0.6) is 0 Å². The molecule has 5 nitrogen and oxygen atoms in total. The Bertz CT molecular complexity index is 1280. The highest BCUT2D eigenvalue weighted by Gasteiger charge is 2.42. The average molecular weight is 470 g/mol. The van der Waals surface area contributed by atoms with Gasteiger partial charge in [-0.1, -0.05) is 30.3 Å². The van der Waals surface area contributed by atoms with Crippen LogP contribution < -0.4 is 10.9 Å². The Kier molecular flexibility index (Phi) is 5.95. The van der Waals surface area contributed by atoms with E-state index in [2.05, 4.69) is 17.2 Å². The molecule has 2 bridgehead atoms. The highest BCUT2D eigenvalue weighted by atomic mass is 32.2. The van der Waals surface area contributed by atoms with Crippen molar-refractivity contribution in [1.82, 2.24) is 14.9 Å². The molecule has 2 saturated carbocycles. The average Bonchev–Trinajstić information content (AvgIpc) is 3.43. The highest BCUT2D eigenvalue weighted by molar-refractivity contribution is 7.99. The van der Waals surface area contributed by atoms with Gasteiger partial charge >= 0.3 is 0 Å². The van der Waals surface area contributed by atoms with Crippen LogP contribution in [0.3, 0.4) is 0 Å². The minimum atomic E-state index is -0.870. The Hall–Kier alpha value is -2.74. The summed E-state index contributed by atoms with van der Waals surface area (Å²) in [5, 5.41) is 3.61. The van der Waals surface area contributed by atoms with E-state index in [1.807, 2.05) is 0 Å². The summed E-state index contributed by atoms with van der Waals surface area (Å²) in [5.41, 5.74) is -0.109. The minimum Gasteiger partial charge on any atom is -0.353 e. The number of nitrogens with one attached hydrogen (secondary N) is 1. The molecule has 0 unspecified atom stereocenters. The lowest BCUT2D eigenvalue weighted by Gasteiger charge is -2.28. The number of carbonyl (C=O) groups is 1. The summed E-state index contributed by atoms with van der Waals surface area (Å²) in [6.07, 6.45) is 5.01. The second kappa shape index (κ2) is 8.89. The molecule has 1 amide bonds. The van der Waals surface area contributed by atoms with Crippen LogP contribution in [0.15, 0.2) is 52.4 Å². The third kappa shape index (κ3) is 4.28. The van der Waals surface area contributed by atoms with E-state index in [0.29, 0.717) is 22.7 Å². The van der Waals surface area contributed by atoms with E-state index in [4.69, 9.17) is 0 Å². The van der Waals surface area contributed by atoms with E-state index >= 15 is 0 Å². The number of nitrogens with zero attached hydrogens (tertiary/aromatic N) is 2. The zero-order chi connectivity index (χ0) is 23.1. The molecule has 2 aliphatic carbocycles. The Morgan fingerprint density at radius 3 is 2.76 bits per heavy atom. The predicted molar refractivity (Wildman–Crippen MR) is 125 cm³/mol. The number of carbonyl (C=O) groups excluding carboxylic acids is 1. The van der Waals surface area contributed by atoms with Crippen LogP contribution in [-0.4, -0.2) is 27.3 Å². The first kappa shape index (κ1) is 22.1. The van der Waals surface area contributed by atoms with E-state index in [1.54, 1.807) is 24.3 Å². The lowest BCUT2D eigenvalue weighted by molar-refractivity contribution is -0.119. The van der Waals surface area contributed by atoms with Crippen molar-refractivity contribution in [3.05, 3.63) is 64.5 Å². The lowest BCUT2D eigenvalue weighted by atomic mass is 9.84. The fourth-order valence-corrected chi connectivity index (χ4v) is 6.34. The standard InChI is InChI=1S/C25H25F2N3O2S/c1-14(19-11-15-6-7-16(19)10-15)28-23(31)13-33-25-29-21-5-3-2-4-18(21)24(32)30(25)22-9-8-17(26)12-20(22)27/h2-5,8-9,12,14-16,19H,6-7,10-11,13H2,1H3,(H,28,31)/t14-,15-,16-,19+/m0/s1. The third-order valence-corrected chi connectivity index (χ3v) is 7.99. The number of fused-ring (bicyclic) bond motifs is 3. The van der Waals surface area contributed by atoms with E-state index in [0.717, 1.165) is 34.4 Å². The molecule has 5 rings (SSSR count). The zero-order valence-electron chi connectivity index (χ0n) is 18.3. The van der Waals surface area contributed by atoms with Gasteiger partial charge in [0.15, 0.2) is 5.16 Å². The lowest BCUT2D eigenvalue weighted by Crippen LogP contribution is -2.41. The summed E-state index contributed by atoms with van der Waals surface area (Å²) in [6, 6.07) is 9.90. The van der Waals surface area contributed by atoms with Gasteiger partial charge in [0, 0.05) is 12.1 Å². The number of hydrogen-bond acceptors (Lipinski definition) is 4. The Morgan fingerprint density at radius 2 is 2.03 bits per heavy atom. The maximum Gasteiger partial charge on any atom is 0.266 e. The third-order valence-electron chi connectivity index (χ3n) is 7.05. The fraction of sp³-hybridized carbons (Fsp3) is 0.400. The number of para-hydroxylation sites is 1. The number of amides is 1. The Balaban J connectivity index is 1.40. The highest BCUT2D eigenvalue weighted by Crippen LogP contribution is 2.49. The predicted octanol–water partition coefficient (Wildman–Crippen LogP) is 4.70. The monoisotopic (exact) mass is 469 g/mol. The second-order valence-electron chi connectivity index (χ2n) is 9.13. The number of thioether (sulfide) groups is 1. The number of benzene rings is 2.